The zero-order valence-corrected chi connectivity index (χ0v) is 16.6. The highest BCUT2D eigenvalue weighted by Gasteiger charge is 2.21. The number of hydrogen-bond acceptors (Lipinski definition) is 8. The lowest BCUT2D eigenvalue weighted by Gasteiger charge is -2.13. The summed E-state index contributed by atoms with van der Waals surface area (Å²) in [5.74, 6) is -0.196. The fraction of sp³-hybridized carbons (Fsp3) is 0.294. The molecule has 27 heavy (non-hydrogen) atoms. The third kappa shape index (κ3) is 4.58. The number of anilines is 1. The molecule has 0 spiro atoms. The summed E-state index contributed by atoms with van der Waals surface area (Å²) < 4.78 is 0.651. The molecule has 2 heterocycles. The van der Waals surface area contributed by atoms with Gasteiger partial charge in [0.15, 0.2) is 10.3 Å². The lowest BCUT2D eigenvalue weighted by Crippen LogP contribution is -2.24. The molecule has 2 aromatic heterocycles. The van der Waals surface area contributed by atoms with Gasteiger partial charge in [0.2, 0.25) is 5.91 Å². The summed E-state index contributed by atoms with van der Waals surface area (Å²) >= 11 is 2.52. The first kappa shape index (κ1) is 19.2. The number of fused-ring (bicyclic) bond motifs is 1. The van der Waals surface area contributed by atoms with Gasteiger partial charge in [-0.05, 0) is 32.4 Å². The first-order valence-corrected chi connectivity index (χ1v) is 9.90. The summed E-state index contributed by atoms with van der Waals surface area (Å²) in [6.45, 7) is 5.70. The molecule has 0 fully saturated rings. The minimum atomic E-state index is -0.453. The van der Waals surface area contributed by atoms with Crippen LogP contribution < -0.4 is 5.32 Å². The van der Waals surface area contributed by atoms with Crippen molar-refractivity contribution in [2.24, 2.45) is 0 Å². The van der Waals surface area contributed by atoms with Crippen LogP contribution >= 0.6 is 23.1 Å². The van der Waals surface area contributed by atoms with Crippen LogP contribution in [-0.2, 0) is 4.79 Å². The molecule has 10 heteroatoms. The molecule has 0 unspecified atom stereocenters. The Labute approximate surface area is 163 Å². The van der Waals surface area contributed by atoms with Crippen LogP contribution in [0.3, 0.4) is 0 Å². The molecule has 0 saturated carbocycles. The molecule has 1 N–H and O–H groups in total. The minimum absolute atomic E-state index is 0.00187. The van der Waals surface area contributed by atoms with Crippen LogP contribution in [0.1, 0.15) is 24.7 Å². The molecule has 1 amide bonds. The number of carbonyl (C=O) groups is 1. The number of amides is 1. The summed E-state index contributed by atoms with van der Waals surface area (Å²) in [4.78, 5) is 36.1. The van der Waals surface area contributed by atoms with E-state index in [1.807, 2.05) is 26.8 Å². The van der Waals surface area contributed by atoms with Crippen LogP contribution in [0.15, 0.2) is 29.4 Å². The van der Waals surface area contributed by atoms with Gasteiger partial charge in [-0.2, -0.15) is 0 Å². The molecular formula is C17H17N5O3S2. The van der Waals surface area contributed by atoms with E-state index in [2.05, 4.69) is 20.3 Å². The second-order valence-electron chi connectivity index (χ2n) is 5.87. The lowest BCUT2D eigenvalue weighted by molar-refractivity contribution is -0.384. The number of nitro groups is 1. The maximum Gasteiger partial charge on any atom is 0.270 e. The fourth-order valence-corrected chi connectivity index (χ4v) is 4.34. The maximum atomic E-state index is 12.6. The number of nitro benzene ring substituents is 1. The van der Waals surface area contributed by atoms with Crippen LogP contribution in [0.25, 0.3) is 10.2 Å². The SMILES string of the molecule is CC[C@H](Sc1nc(C)cc(C)n1)C(=O)Nc1nc2ccc([N+](=O)[O-])cc2s1. The average Bonchev–Trinajstić information content (AvgIpc) is 2.99. The van der Waals surface area contributed by atoms with Crippen molar-refractivity contribution < 1.29 is 9.72 Å². The molecule has 8 nitrogen and oxygen atoms in total. The van der Waals surface area contributed by atoms with E-state index in [1.54, 1.807) is 6.07 Å². The van der Waals surface area contributed by atoms with E-state index in [0.29, 0.717) is 26.9 Å². The normalized spacial score (nSPS) is 12.1. The van der Waals surface area contributed by atoms with Gasteiger partial charge in [0.05, 0.1) is 20.4 Å². The van der Waals surface area contributed by atoms with Gasteiger partial charge in [-0.15, -0.1) is 0 Å². The highest BCUT2D eigenvalue weighted by molar-refractivity contribution is 8.00. The second-order valence-corrected chi connectivity index (χ2v) is 8.07. The van der Waals surface area contributed by atoms with Gasteiger partial charge >= 0.3 is 0 Å². The molecule has 3 rings (SSSR count). The van der Waals surface area contributed by atoms with E-state index >= 15 is 0 Å². The number of aryl methyl sites for hydroxylation is 2. The Morgan fingerprint density at radius 2 is 1.96 bits per heavy atom. The molecule has 0 radical (unpaired) electrons. The number of rotatable bonds is 6. The number of thiazole rings is 1. The van der Waals surface area contributed by atoms with E-state index in [4.69, 9.17) is 0 Å². The molecular weight excluding hydrogens is 386 g/mol. The lowest BCUT2D eigenvalue weighted by atomic mass is 10.3. The van der Waals surface area contributed by atoms with Crippen molar-refractivity contribution in [2.45, 2.75) is 37.6 Å². The van der Waals surface area contributed by atoms with E-state index in [1.165, 1.54) is 35.2 Å². The van der Waals surface area contributed by atoms with Crippen LogP contribution in [-0.4, -0.2) is 31.0 Å². The van der Waals surface area contributed by atoms with Crippen LogP contribution in [0, 0.1) is 24.0 Å². The molecule has 140 valence electrons. The summed E-state index contributed by atoms with van der Waals surface area (Å²) in [6, 6.07) is 6.31. The van der Waals surface area contributed by atoms with Crippen molar-refractivity contribution in [2.75, 3.05) is 5.32 Å². The van der Waals surface area contributed by atoms with Crippen LogP contribution in [0.5, 0.6) is 0 Å². The summed E-state index contributed by atoms with van der Waals surface area (Å²) in [5, 5.41) is 14.3. The Morgan fingerprint density at radius 3 is 2.59 bits per heavy atom. The number of carbonyl (C=O) groups excluding carboxylic acids is 1. The third-order valence-corrected chi connectivity index (χ3v) is 5.84. The van der Waals surface area contributed by atoms with Crippen LogP contribution in [0.4, 0.5) is 10.8 Å². The Kier molecular flexibility index (Phi) is 5.66. The molecule has 0 bridgehead atoms. The molecule has 1 aromatic carbocycles. The number of nitrogens with zero attached hydrogens (tertiary/aromatic N) is 4. The highest BCUT2D eigenvalue weighted by atomic mass is 32.2. The Bertz CT molecular complexity index is 1000. The number of thioether (sulfide) groups is 1. The molecule has 0 aliphatic rings. The predicted octanol–water partition coefficient (Wildman–Crippen LogP) is 4.12. The van der Waals surface area contributed by atoms with Gasteiger partial charge in [0, 0.05) is 23.5 Å². The van der Waals surface area contributed by atoms with Crippen molar-refractivity contribution in [1.29, 1.82) is 0 Å². The molecule has 3 aromatic rings. The summed E-state index contributed by atoms with van der Waals surface area (Å²) in [5.41, 5.74) is 2.32. The molecule has 1 atom stereocenters. The van der Waals surface area contributed by atoms with Crippen molar-refractivity contribution in [1.82, 2.24) is 15.0 Å². The average molecular weight is 403 g/mol. The summed E-state index contributed by atoms with van der Waals surface area (Å²) in [6.07, 6.45) is 0.600. The highest BCUT2D eigenvalue weighted by Crippen LogP contribution is 2.30. The Morgan fingerprint density at radius 1 is 1.26 bits per heavy atom. The second kappa shape index (κ2) is 7.97. The van der Waals surface area contributed by atoms with Crippen molar-refractivity contribution >= 4 is 50.0 Å². The minimum Gasteiger partial charge on any atom is -0.301 e. The van der Waals surface area contributed by atoms with Crippen molar-refractivity contribution in [3.63, 3.8) is 0 Å². The smallest absolute Gasteiger partial charge is 0.270 e. The number of non-ortho nitro benzene ring substituents is 1. The topological polar surface area (TPSA) is 111 Å². The number of nitrogens with one attached hydrogen (secondary N) is 1. The zero-order chi connectivity index (χ0) is 19.6. The van der Waals surface area contributed by atoms with Crippen molar-refractivity contribution in [3.8, 4) is 0 Å². The number of hydrogen-bond donors (Lipinski definition) is 1. The Balaban J connectivity index is 1.76. The van der Waals surface area contributed by atoms with Gasteiger partial charge in [-0.1, -0.05) is 30.0 Å². The van der Waals surface area contributed by atoms with E-state index in [-0.39, 0.29) is 16.8 Å². The number of aromatic nitrogens is 3. The quantitative estimate of drug-likeness (QED) is 0.285. The maximum absolute atomic E-state index is 12.6. The van der Waals surface area contributed by atoms with Gasteiger partial charge in [0.25, 0.3) is 5.69 Å². The fourth-order valence-electron chi connectivity index (χ4n) is 2.46. The van der Waals surface area contributed by atoms with E-state index < -0.39 is 4.92 Å². The van der Waals surface area contributed by atoms with Gasteiger partial charge in [-0.3, -0.25) is 14.9 Å². The zero-order valence-electron chi connectivity index (χ0n) is 14.9. The van der Waals surface area contributed by atoms with Crippen LogP contribution in [0.2, 0.25) is 0 Å². The van der Waals surface area contributed by atoms with Gasteiger partial charge in [0.1, 0.15) is 0 Å². The molecule has 0 saturated heterocycles. The first-order chi connectivity index (χ1) is 12.9. The van der Waals surface area contributed by atoms with E-state index in [0.717, 1.165) is 11.4 Å². The third-order valence-electron chi connectivity index (χ3n) is 3.69. The number of benzene rings is 1. The standard InChI is InChI=1S/C17H17N5O3S2/c1-4-13(26-16-18-9(2)7-10(3)19-16)15(23)21-17-20-12-6-5-11(22(24)25)8-14(12)27-17/h5-8,13H,4H2,1-3H3,(H,20,21,23)/t13-/m0/s1. The monoisotopic (exact) mass is 403 g/mol. The molecule has 0 aliphatic heterocycles. The van der Waals surface area contributed by atoms with Gasteiger partial charge < -0.3 is 5.32 Å². The Hall–Kier alpha value is -2.59. The predicted molar refractivity (Wildman–Crippen MR) is 106 cm³/mol. The van der Waals surface area contributed by atoms with E-state index in [9.17, 15) is 14.9 Å². The first-order valence-electron chi connectivity index (χ1n) is 8.20. The largest absolute Gasteiger partial charge is 0.301 e. The molecule has 0 aliphatic carbocycles. The summed E-state index contributed by atoms with van der Waals surface area (Å²) in [7, 11) is 0. The van der Waals surface area contributed by atoms with Gasteiger partial charge in [-0.25, -0.2) is 15.0 Å². The van der Waals surface area contributed by atoms with Crippen molar-refractivity contribution in [3.05, 3.63) is 45.8 Å².